The standard InChI is InChI=1S/C15H14OP/c1-2-11-7-5-9-14-15(11)13-8-4-3-6-12(13)10-17(14)16/h3-9H,2,10H2,1H3/q+1. The van der Waals surface area contributed by atoms with Gasteiger partial charge in [0, 0.05) is 11.1 Å². The Morgan fingerprint density at radius 3 is 2.76 bits per heavy atom. The number of benzene rings is 2. The van der Waals surface area contributed by atoms with Crippen molar-refractivity contribution in [3.63, 3.8) is 0 Å². The highest BCUT2D eigenvalue weighted by atomic mass is 31.1. The van der Waals surface area contributed by atoms with Crippen molar-refractivity contribution in [2.24, 2.45) is 0 Å². The van der Waals surface area contributed by atoms with Crippen LogP contribution in [0, 0.1) is 0 Å². The largest absolute Gasteiger partial charge is 0.382 e. The van der Waals surface area contributed by atoms with Gasteiger partial charge in [0.1, 0.15) is 0 Å². The van der Waals surface area contributed by atoms with E-state index in [9.17, 15) is 4.57 Å². The zero-order valence-corrected chi connectivity index (χ0v) is 10.7. The van der Waals surface area contributed by atoms with E-state index in [1.807, 2.05) is 18.2 Å². The van der Waals surface area contributed by atoms with Crippen molar-refractivity contribution in [1.29, 1.82) is 0 Å². The molecule has 3 rings (SSSR count). The van der Waals surface area contributed by atoms with Crippen LogP contribution in [-0.2, 0) is 17.1 Å². The number of hydrogen-bond donors (Lipinski definition) is 0. The maximum atomic E-state index is 12.3. The Kier molecular flexibility index (Phi) is 2.57. The molecule has 0 N–H and O–H groups in total. The first-order valence-electron chi connectivity index (χ1n) is 5.96. The van der Waals surface area contributed by atoms with Crippen LogP contribution in [-0.4, -0.2) is 0 Å². The smallest absolute Gasteiger partial charge is 0.0677 e. The average Bonchev–Trinajstić information content (AvgIpc) is 2.38. The lowest BCUT2D eigenvalue weighted by Crippen LogP contribution is -2.11. The summed E-state index contributed by atoms with van der Waals surface area (Å²) in [6, 6.07) is 14.5. The van der Waals surface area contributed by atoms with Gasteiger partial charge in [-0.05, 0) is 23.6 Å². The minimum atomic E-state index is -1.27. The van der Waals surface area contributed by atoms with Crippen LogP contribution in [0.1, 0.15) is 18.1 Å². The Morgan fingerprint density at radius 1 is 1.12 bits per heavy atom. The Bertz CT molecular complexity index is 602. The van der Waals surface area contributed by atoms with Crippen molar-refractivity contribution in [3.8, 4) is 11.1 Å². The van der Waals surface area contributed by atoms with E-state index in [-0.39, 0.29) is 0 Å². The fraction of sp³-hybridized carbons (Fsp3) is 0.200. The van der Waals surface area contributed by atoms with Crippen LogP contribution < -0.4 is 5.30 Å². The third-order valence-corrected chi connectivity index (χ3v) is 4.92. The van der Waals surface area contributed by atoms with Crippen molar-refractivity contribution < 1.29 is 4.57 Å². The maximum Gasteiger partial charge on any atom is 0.382 e. The van der Waals surface area contributed by atoms with Gasteiger partial charge in [-0.1, -0.05) is 47.9 Å². The summed E-state index contributed by atoms with van der Waals surface area (Å²) in [6.07, 6.45) is 1.67. The highest BCUT2D eigenvalue weighted by Gasteiger charge is 2.33. The van der Waals surface area contributed by atoms with Gasteiger partial charge < -0.3 is 0 Å². The van der Waals surface area contributed by atoms with Crippen LogP contribution in [0.3, 0.4) is 0 Å². The molecular weight excluding hydrogens is 227 g/mol. The van der Waals surface area contributed by atoms with Gasteiger partial charge in [-0.3, -0.25) is 0 Å². The SMILES string of the molecule is CCc1cccc2c1-c1ccccc1C[P+]2=O. The Labute approximate surface area is 102 Å². The van der Waals surface area contributed by atoms with Gasteiger partial charge in [0.25, 0.3) is 0 Å². The third-order valence-electron chi connectivity index (χ3n) is 3.38. The van der Waals surface area contributed by atoms with E-state index >= 15 is 0 Å². The molecule has 0 spiro atoms. The Hall–Kier alpha value is -1.46. The lowest BCUT2D eigenvalue weighted by Gasteiger charge is -2.15. The van der Waals surface area contributed by atoms with E-state index in [1.54, 1.807) is 0 Å². The van der Waals surface area contributed by atoms with Crippen LogP contribution in [0.5, 0.6) is 0 Å². The lowest BCUT2D eigenvalue weighted by molar-refractivity contribution is 0.592. The number of aryl methyl sites for hydroxylation is 1. The molecule has 2 heteroatoms. The minimum absolute atomic E-state index is 0.686. The van der Waals surface area contributed by atoms with Crippen LogP contribution in [0.2, 0.25) is 0 Å². The predicted molar refractivity (Wildman–Crippen MR) is 72.2 cm³/mol. The molecule has 0 bridgehead atoms. The molecule has 2 aromatic carbocycles. The first-order valence-corrected chi connectivity index (χ1v) is 7.40. The molecule has 1 aliphatic rings. The maximum absolute atomic E-state index is 12.3. The third kappa shape index (κ3) is 1.62. The van der Waals surface area contributed by atoms with Crippen LogP contribution in [0.4, 0.5) is 0 Å². The van der Waals surface area contributed by atoms with Crippen molar-refractivity contribution in [2.75, 3.05) is 0 Å². The van der Waals surface area contributed by atoms with Gasteiger partial charge in [0.05, 0.1) is 0 Å². The van der Waals surface area contributed by atoms with Crippen molar-refractivity contribution in [1.82, 2.24) is 0 Å². The molecule has 84 valence electrons. The summed E-state index contributed by atoms with van der Waals surface area (Å²) in [5.74, 6) is 0. The molecule has 0 aliphatic carbocycles. The topological polar surface area (TPSA) is 17.1 Å². The summed E-state index contributed by atoms with van der Waals surface area (Å²) in [5.41, 5.74) is 5.02. The van der Waals surface area contributed by atoms with Gasteiger partial charge in [0.2, 0.25) is 0 Å². The molecular formula is C15H14OP+. The first-order chi connectivity index (χ1) is 8.31. The number of fused-ring (bicyclic) bond motifs is 3. The van der Waals surface area contributed by atoms with E-state index in [0.29, 0.717) is 6.16 Å². The molecule has 1 atom stereocenters. The van der Waals surface area contributed by atoms with Gasteiger partial charge >= 0.3 is 7.80 Å². The molecule has 0 amide bonds. The van der Waals surface area contributed by atoms with Gasteiger partial charge in [-0.15, -0.1) is 0 Å². The van der Waals surface area contributed by atoms with E-state index < -0.39 is 7.80 Å². The van der Waals surface area contributed by atoms with E-state index in [0.717, 1.165) is 11.7 Å². The Balaban J connectivity index is 2.36. The van der Waals surface area contributed by atoms with Crippen LogP contribution in [0.15, 0.2) is 42.5 Å². The first kappa shape index (κ1) is 10.7. The summed E-state index contributed by atoms with van der Waals surface area (Å²) in [5, 5.41) is 1.04. The van der Waals surface area contributed by atoms with Gasteiger partial charge in [-0.2, -0.15) is 0 Å². The van der Waals surface area contributed by atoms with Crippen LogP contribution in [0.25, 0.3) is 11.1 Å². The minimum Gasteiger partial charge on any atom is -0.0677 e. The molecule has 1 heterocycles. The van der Waals surface area contributed by atoms with Gasteiger partial charge in [0.15, 0.2) is 11.5 Å². The van der Waals surface area contributed by atoms with E-state index in [4.69, 9.17) is 0 Å². The van der Waals surface area contributed by atoms with Crippen molar-refractivity contribution in [3.05, 3.63) is 53.6 Å². The highest BCUT2D eigenvalue weighted by Crippen LogP contribution is 2.41. The molecule has 0 radical (unpaired) electrons. The van der Waals surface area contributed by atoms with Gasteiger partial charge in [-0.25, -0.2) is 0 Å². The van der Waals surface area contributed by atoms with Crippen molar-refractivity contribution in [2.45, 2.75) is 19.5 Å². The summed E-state index contributed by atoms with van der Waals surface area (Å²) >= 11 is 0. The van der Waals surface area contributed by atoms with Crippen LogP contribution >= 0.6 is 7.80 Å². The predicted octanol–water partition coefficient (Wildman–Crippen LogP) is 3.88. The van der Waals surface area contributed by atoms with E-state index in [1.165, 1.54) is 22.3 Å². The summed E-state index contributed by atoms with van der Waals surface area (Å²) in [7, 11) is -1.27. The fourth-order valence-electron chi connectivity index (χ4n) is 2.54. The molecule has 1 nitrogen and oxygen atoms in total. The van der Waals surface area contributed by atoms with E-state index in [2.05, 4.69) is 31.2 Å². The second-order valence-corrected chi connectivity index (χ2v) is 5.91. The second-order valence-electron chi connectivity index (χ2n) is 4.36. The number of hydrogen-bond acceptors (Lipinski definition) is 1. The molecule has 17 heavy (non-hydrogen) atoms. The lowest BCUT2D eigenvalue weighted by atomic mass is 9.94. The molecule has 0 aromatic heterocycles. The Morgan fingerprint density at radius 2 is 1.94 bits per heavy atom. The normalized spacial score (nSPS) is 15.2. The van der Waals surface area contributed by atoms with Crippen molar-refractivity contribution >= 4 is 13.1 Å². The molecule has 1 aliphatic heterocycles. The second kappa shape index (κ2) is 4.09. The zero-order valence-electron chi connectivity index (χ0n) is 9.81. The average molecular weight is 241 g/mol. The molecule has 0 fully saturated rings. The summed E-state index contributed by atoms with van der Waals surface area (Å²) in [6.45, 7) is 2.15. The monoisotopic (exact) mass is 241 g/mol. The molecule has 1 unspecified atom stereocenters. The molecule has 0 saturated carbocycles. The fourth-order valence-corrected chi connectivity index (χ4v) is 4.06. The number of rotatable bonds is 1. The highest BCUT2D eigenvalue weighted by molar-refractivity contribution is 7.53. The zero-order chi connectivity index (χ0) is 11.8. The molecule has 0 saturated heterocycles. The molecule has 2 aromatic rings. The summed E-state index contributed by atoms with van der Waals surface area (Å²) < 4.78 is 12.3. The quantitative estimate of drug-likeness (QED) is 0.692. The summed E-state index contributed by atoms with van der Waals surface area (Å²) in [4.78, 5) is 0.